The molecule has 6 heteroatoms. The van der Waals surface area contributed by atoms with Gasteiger partial charge in [-0.2, -0.15) is 9.62 Å². The van der Waals surface area contributed by atoms with Crippen molar-refractivity contribution < 1.29 is 0 Å². The maximum Gasteiger partial charge on any atom is 0.177 e. The maximum absolute atomic E-state index is 4.27. The SMILES string of the molecule is C1=CCC(/C=N/Nc2ccc3nncn3n2)CC1. The number of aromatic nitrogens is 4. The second-order valence-corrected chi connectivity index (χ2v) is 4.29. The van der Waals surface area contributed by atoms with Crippen molar-refractivity contribution in [3.05, 3.63) is 30.6 Å². The largest absolute Gasteiger partial charge is 0.260 e. The summed E-state index contributed by atoms with van der Waals surface area (Å²) in [6.07, 6.45) is 11.3. The van der Waals surface area contributed by atoms with Crippen LogP contribution in [0.4, 0.5) is 5.82 Å². The topological polar surface area (TPSA) is 67.5 Å². The highest BCUT2D eigenvalue weighted by molar-refractivity contribution is 5.62. The second kappa shape index (κ2) is 4.95. The van der Waals surface area contributed by atoms with Crippen LogP contribution in [0.2, 0.25) is 0 Å². The number of rotatable bonds is 3. The lowest BCUT2D eigenvalue weighted by atomic mass is 9.96. The van der Waals surface area contributed by atoms with Crippen molar-refractivity contribution in [2.75, 3.05) is 5.43 Å². The molecule has 0 amide bonds. The summed E-state index contributed by atoms with van der Waals surface area (Å²) >= 11 is 0. The average molecular weight is 242 g/mol. The maximum atomic E-state index is 4.27. The number of hydrogen-bond acceptors (Lipinski definition) is 5. The monoisotopic (exact) mass is 242 g/mol. The van der Waals surface area contributed by atoms with Gasteiger partial charge < -0.3 is 0 Å². The van der Waals surface area contributed by atoms with E-state index in [0.717, 1.165) is 18.5 Å². The van der Waals surface area contributed by atoms with Crippen molar-refractivity contribution >= 4 is 17.7 Å². The van der Waals surface area contributed by atoms with Crippen LogP contribution >= 0.6 is 0 Å². The molecule has 2 aromatic heterocycles. The summed E-state index contributed by atoms with van der Waals surface area (Å²) in [6, 6.07) is 3.68. The van der Waals surface area contributed by atoms with E-state index in [1.807, 2.05) is 18.3 Å². The van der Waals surface area contributed by atoms with Gasteiger partial charge in [0.25, 0.3) is 0 Å². The first-order valence-electron chi connectivity index (χ1n) is 6.03. The molecule has 1 aliphatic rings. The van der Waals surface area contributed by atoms with Gasteiger partial charge >= 0.3 is 0 Å². The molecule has 0 saturated carbocycles. The summed E-state index contributed by atoms with van der Waals surface area (Å²) in [5, 5.41) is 16.2. The van der Waals surface area contributed by atoms with Gasteiger partial charge in [0, 0.05) is 6.21 Å². The minimum atomic E-state index is 0.529. The molecule has 0 aliphatic heterocycles. The summed E-state index contributed by atoms with van der Waals surface area (Å²) in [7, 11) is 0. The van der Waals surface area contributed by atoms with Crippen LogP contribution in [0.5, 0.6) is 0 Å². The number of nitrogens with zero attached hydrogens (tertiary/aromatic N) is 5. The molecule has 2 aromatic rings. The second-order valence-electron chi connectivity index (χ2n) is 4.29. The minimum absolute atomic E-state index is 0.529. The van der Waals surface area contributed by atoms with Crippen molar-refractivity contribution in [2.24, 2.45) is 11.0 Å². The predicted octanol–water partition coefficient (Wildman–Crippen LogP) is 1.88. The third-order valence-corrected chi connectivity index (χ3v) is 2.94. The molecule has 2 heterocycles. The van der Waals surface area contributed by atoms with Gasteiger partial charge in [0.15, 0.2) is 11.5 Å². The van der Waals surface area contributed by atoms with Gasteiger partial charge in [0.05, 0.1) is 0 Å². The summed E-state index contributed by atoms with van der Waals surface area (Å²) in [5.41, 5.74) is 3.66. The Morgan fingerprint density at radius 1 is 1.39 bits per heavy atom. The van der Waals surface area contributed by atoms with E-state index in [2.05, 4.69) is 38.0 Å². The molecular weight excluding hydrogens is 228 g/mol. The van der Waals surface area contributed by atoms with E-state index >= 15 is 0 Å². The molecule has 1 N–H and O–H groups in total. The Balaban J connectivity index is 1.65. The van der Waals surface area contributed by atoms with Crippen LogP contribution in [0, 0.1) is 5.92 Å². The lowest BCUT2D eigenvalue weighted by molar-refractivity contribution is 0.627. The Morgan fingerprint density at radius 2 is 2.39 bits per heavy atom. The van der Waals surface area contributed by atoms with E-state index < -0.39 is 0 Å². The van der Waals surface area contributed by atoms with E-state index in [1.54, 1.807) is 10.8 Å². The Morgan fingerprint density at radius 3 is 3.28 bits per heavy atom. The van der Waals surface area contributed by atoms with Crippen molar-refractivity contribution in [1.82, 2.24) is 19.8 Å². The van der Waals surface area contributed by atoms with Crippen LogP contribution in [0.25, 0.3) is 5.65 Å². The molecule has 6 nitrogen and oxygen atoms in total. The molecule has 1 aliphatic carbocycles. The Kier molecular flexibility index (Phi) is 2.99. The van der Waals surface area contributed by atoms with Crippen molar-refractivity contribution in [2.45, 2.75) is 19.3 Å². The molecule has 92 valence electrons. The third-order valence-electron chi connectivity index (χ3n) is 2.94. The molecule has 0 saturated heterocycles. The number of hydrazone groups is 1. The molecule has 0 radical (unpaired) electrons. The fourth-order valence-electron chi connectivity index (χ4n) is 1.95. The van der Waals surface area contributed by atoms with Crippen LogP contribution in [-0.4, -0.2) is 26.0 Å². The Hall–Kier alpha value is -2.24. The number of fused-ring (bicyclic) bond motifs is 1. The van der Waals surface area contributed by atoms with Crippen LogP contribution in [-0.2, 0) is 0 Å². The third kappa shape index (κ3) is 2.37. The fourth-order valence-corrected chi connectivity index (χ4v) is 1.95. The van der Waals surface area contributed by atoms with Crippen LogP contribution in [0.15, 0.2) is 35.7 Å². The van der Waals surface area contributed by atoms with Gasteiger partial charge in [-0.1, -0.05) is 12.2 Å². The van der Waals surface area contributed by atoms with E-state index in [0.29, 0.717) is 11.7 Å². The molecule has 0 fully saturated rings. The molecule has 0 aromatic carbocycles. The summed E-state index contributed by atoms with van der Waals surface area (Å²) in [6.45, 7) is 0. The normalized spacial score (nSPS) is 19.7. The van der Waals surface area contributed by atoms with E-state index in [4.69, 9.17) is 0 Å². The lowest BCUT2D eigenvalue weighted by Crippen LogP contribution is -2.05. The van der Waals surface area contributed by atoms with Gasteiger partial charge in [-0.05, 0) is 37.3 Å². The lowest BCUT2D eigenvalue weighted by Gasteiger charge is -2.11. The molecule has 0 spiro atoms. The van der Waals surface area contributed by atoms with Gasteiger partial charge in [0.2, 0.25) is 0 Å². The molecule has 0 bridgehead atoms. The quantitative estimate of drug-likeness (QED) is 0.507. The smallest absolute Gasteiger partial charge is 0.177 e. The summed E-state index contributed by atoms with van der Waals surface area (Å²) in [4.78, 5) is 0. The van der Waals surface area contributed by atoms with E-state index in [1.165, 1.54) is 6.42 Å². The molecule has 18 heavy (non-hydrogen) atoms. The average Bonchev–Trinajstić information content (AvgIpc) is 2.87. The first kappa shape index (κ1) is 10.9. The number of anilines is 1. The number of hydrogen-bond donors (Lipinski definition) is 1. The van der Waals surface area contributed by atoms with E-state index in [9.17, 15) is 0 Å². The molecule has 1 atom stereocenters. The fraction of sp³-hybridized carbons (Fsp3) is 0.333. The van der Waals surface area contributed by atoms with Crippen molar-refractivity contribution in [3.63, 3.8) is 0 Å². The molecular formula is C12H14N6. The standard InChI is InChI=1S/C12H14N6/c1-2-4-10(5-3-1)8-13-15-11-6-7-12-16-14-9-18(12)17-11/h1-2,6-10H,3-5H2,(H,15,17)/b13-8+. The van der Waals surface area contributed by atoms with Gasteiger partial charge in [-0.25, -0.2) is 0 Å². The van der Waals surface area contributed by atoms with Gasteiger partial charge in [-0.3, -0.25) is 5.43 Å². The van der Waals surface area contributed by atoms with Crippen molar-refractivity contribution in [3.8, 4) is 0 Å². The first-order chi connectivity index (χ1) is 8.92. The summed E-state index contributed by atoms with van der Waals surface area (Å²) in [5.74, 6) is 1.21. The predicted molar refractivity (Wildman–Crippen MR) is 69.4 cm³/mol. The number of allylic oxidation sites excluding steroid dienone is 2. The van der Waals surface area contributed by atoms with Gasteiger partial charge in [0.1, 0.15) is 6.33 Å². The van der Waals surface area contributed by atoms with Crippen molar-refractivity contribution in [1.29, 1.82) is 0 Å². The highest BCUT2D eigenvalue weighted by Crippen LogP contribution is 2.15. The van der Waals surface area contributed by atoms with Crippen LogP contribution in [0.1, 0.15) is 19.3 Å². The van der Waals surface area contributed by atoms with Gasteiger partial charge in [-0.15, -0.1) is 15.3 Å². The first-order valence-corrected chi connectivity index (χ1v) is 6.03. The molecule has 3 rings (SSSR count). The Labute approximate surface area is 104 Å². The zero-order chi connectivity index (χ0) is 12.2. The molecule has 1 unspecified atom stereocenters. The summed E-state index contributed by atoms with van der Waals surface area (Å²) < 4.78 is 1.61. The Bertz CT molecular complexity index is 585. The van der Waals surface area contributed by atoms with Crippen LogP contribution in [0.3, 0.4) is 0 Å². The zero-order valence-corrected chi connectivity index (χ0v) is 9.90. The highest BCUT2D eigenvalue weighted by atomic mass is 15.4. The number of nitrogens with one attached hydrogen (secondary N) is 1. The van der Waals surface area contributed by atoms with E-state index in [-0.39, 0.29) is 0 Å². The highest BCUT2D eigenvalue weighted by Gasteiger charge is 2.06. The van der Waals surface area contributed by atoms with Crippen LogP contribution < -0.4 is 5.43 Å². The minimum Gasteiger partial charge on any atom is -0.260 e. The zero-order valence-electron chi connectivity index (χ0n) is 9.90.